The van der Waals surface area contributed by atoms with Gasteiger partial charge >= 0.3 is 12.1 Å². The van der Waals surface area contributed by atoms with E-state index >= 15 is 0 Å². The number of alkyl carbamates (subject to hydrolysis) is 1. The maximum Gasteiger partial charge on any atom is 0.408 e. The molecule has 7 heteroatoms. The van der Waals surface area contributed by atoms with E-state index in [1.807, 2.05) is 50.3 Å². The number of rotatable bonds is 9. The van der Waals surface area contributed by atoms with Crippen LogP contribution < -0.4 is 10.6 Å². The number of carbonyl (C=O) groups excluding carboxylic acids is 3. The summed E-state index contributed by atoms with van der Waals surface area (Å²) >= 11 is 0. The highest BCUT2D eigenvalue weighted by Crippen LogP contribution is 2.25. The molecule has 7 nitrogen and oxygen atoms in total. The number of hydrogen-bond acceptors (Lipinski definition) is 5. The second-order valence-electron chi connectivity index (χ2n) is 9.30. The number of nitrogens with one attached hydrogen (secondary N) is 2. The van der Waals surface area contributed by atoms with E-state index in [4.69, 9.17) is 9.47 Å². The fourth-order valence-electron chi connectivity index (χ4n) is 4.42. The molecule has 0 heterocycles. The smallest absolute Gasteiger partial charge is 0.408 e. The Morgan fingerprint density at radius 2 is 1.67 bits per heavy atom. The van der Waals surface area contributed by atoms with Gasteiger partial charge in [0, 0.05) is 6.04 Å². The topological polar surface area (TPSA) is 93.7 Å². The molecule has 2 amide bonds. The van der Waals surface area contributed by atoms with Gasteiger partial charge in [0.15, 0.2) is 0 Å². The summed E-state index contributed by atoms with van der Waals surface area (Å²) in [6.45, 7) is 3.87. The molecule has 36 heavy (non-hydrogen) atoms. The summed E-state index contributed by atoms with van der Waals surface area (Å²) in [5, 5.41) is 6.08. The number of amides is 2. The Balaban J connectivity index is 1.74. The molecule has 0 saturated heterocycles. The number of carbonyl (C=O) groups is 3. The average molecular weight is 493 g/mol. The van der Waals surface area contributed by atoms with Crippen molar-refractivity contribution in [3.8, 4) is 0 Å². The highest BCUT2D eigenvalue weighted by atomic mass is 16.5. The summed E-state index contributed by atoms with van der Waals surface area (Å²) in [6, 6.07) is 16.0. The van der Waals surface area contributed by atoms with Crippen LogP contribution in [-0.4, -0.2) is 31.1 Å². The van der Waals surface area contributed by atoms with Gasteiger partial charge in [-0.25, -0.2) is 9.59 Å². The minimum atomic E-state index is -0.576. The number of ether oxygens (including phenoxy) is 2. The van der Waals surface area contributed by atoms with Crippen LogP contribution in [0.3, 0.4) is 0 Å². The lowest BCUT2D eigenvalue weighted by Gasteiger charge is -2.25. The second kappa shape index (κ2) is 13.5. The molecule has 2 N–H and O–H groups in total. The van der Waals surface area contributed by atoms with Crippen LogP contribution in [0.1, 0.15) is 73.5 Å². The predicted molar refractivity (Wildman–Crippen MR) is 138 cm³/mol. The van der Waals surface area contributed by atoms with E-state index in [0.717, 1.165) is 42.4 Å². The molecule has 0 aliphatic heterocycles. The molecule has 1 unspecified atom stereocenters. The van der Waals surface area contributed by atoms with Crippen LogP contribution in [0.4, 0.5) is 4.79 Å². The molecule has 1 aliphatic carbocycles. The van der Waals surface area contributed by atoms with E-state index in [-0.39, 0.29) is 24.5 Å². The van der Waals surface area contributed by atoms with Crippen LogP contribution in [0.5, 0.6) is 0 Å². The Bertz CT molecular complexity index is 1040. The van der Waals surface area contributed by atoms with E-state index in [9.17, 15) is 14.4 Å². The number of hydrogen-bond donors (Lipinski definition) is 2. The van der Waals surface area contributed by atoms with Crippen molar-refractivity contribution < 1.29 is 23.9 Å². The van der Waals surface area contributed by atoms with Gasteiger partial charge < -0.3 is 20.1 Å². The Morgan fingerprint density at radius 1 is 1.00 bits per heavy atom. The van der Waals surface area contributed by atoms with Crippen molar-refractivity contribution in [1.29, 1.82) is 0 Å². The fourth-order valence-corrected chi connectivity index (χ4v) is 4.42. The monoisotopic (exact) mass is 492 g/mol. The van der Waals surface area contributed by atoms with Crippen LogP contribution in [0.2, 0.25) is 0 Å². The largest absolute Gasteiger partial charge is 0.465 e. The summed E-state index contributed by atoms with van der Waals surface area (Å²) in [6.07, 6.45) is 6.85. The van der Waals surface area contributed by atoms with Crippen molar-refractivity contribution in [2.75, 3.05) is 7.11 Å². The Kier molecular flexibility index (Phi) is 10.1. The maximum atomic E-state index is 12.8. The third-order valence-corrected chi connectivity index (χ3v) is 6.47. The third kappa shape index (κ3) is 7.97. The lowest BCUT2D eigenvalue weighted by atomic mass is 9.93. The van der Waals surface area contributed by atoms with Crippen molar-refractivity contribution in [2.24, 2.45) is 5.92 Å². The van der Waals surface area contributed by atoms with Gasteiger partial charge in [-0.1, -0.05) is 74.7 Å². The van der Waals surface area contributed by atoms with Gasteiger partial charge in [-0.3, -0.25) is 4.79 Å². The molecule has 0 aromatic heterocycles. The summed E-state index contributed by atoms with van der Waals surface area (Å²) in [7, 11) is 1.33. The van der Waals surface area contributed by atoms with Gasteiger partial charge in [-0.2, -0.15) is 0 Å². The van der Waals surface area contributed by atoms with Crippen molar-refractivity contribution in [3.05, 3.63) is 82.9 Å². The first kappa shape index (κ1) is 27.0. The van der Waals surface area contributed by atoms with Crippen LogP contribution in [0.15, 0.2) is 66.2 Å². The van der Waals surface area contributed by atoms with E-state index in [0.29, 0.717) is 5.56 Å². The van der Waals surface area contributed by atoms with Crippen molar-refractivity contribution in [1.82, 2.24) is 10.6 Å². The molecule has 2 aromatic rings. The predicted octanol–water partition coefficient (Wildman–Crippen LogP) is 5.47. The van der Waals surface area contributed by atoms with Gasteiger partial charge in [0.2, 0.25) is 5.91 Å². The van der Waals surface area contributed by atoms with E-state index in [1.165, 1.54) is 13.5 Å². The molecule has 1 saturated carbocycles. The first-order valence-corrected chi connectivity index (χ1v) is 12.5. The SMILES string of the molecule is COC(=O)c1ccc(C(NC(=O)OCc2ccccc2)/C(C)=C/[C@@H](C)C(=O)NC2CCCCC2)cc1. The van der Waals surface area contributed by atoms with E-state index in [2.05, 4.69) is 10.6 Å². The molecule has 0 bridgehead atoms. The standard InChI is InChI=1S/C29H36N2O5/c1-20(18-21(2)27(32)30-25-12-8-5-9-13-25)26(23-14-16-24(17-15-23)28(33)35-3)31-29(34)36-19-22-10-6-4-7-11-22/h4,6-7,10-11,14-18,21,25-26H,5,8-9,12-13,19H2,1-3H3,(H,30,32)(H,31,34)/b20-18+/t21-,26?/m1/s1. The summed E-state index contributed by atoms with van der Waals surface area (Å²) in [5.74, 6) is -0.827. The second-order valence-corrected chi connectivity index (χ2v) is 9.30. The van der Waals surface area contributed by atoms with Gasteiger partial charge in [0.05, 0.1) is 24.6 Å². The average Bonchev–Trinajstić information content (AvgIpc) is 2.91. The van der Waals surface area contributed by atoms with Gasteiger partial charge in [0.25, 0.3) is 0 Å². The molecule has 0 radical (unpaired) electrons. The zero-order chi connectivity index (χ0) is 25.9. The molecular formula is C29H36N2O5. The first-order valence-electron chi connectivity index (χ1n) is 12.5. The molecule has 2 aromatic carbocycles. The lowest BCUT2D eigenvalue weighted by Crippen LogP contribution is -2.39. The summed E-state index contributed by atoms with van der Waals surface area (Å²) in [5.41, 5.74) is 2.84. The number of esters is 1. The molecule has 1 fully saturated rings. The van der Waals surface area contributed by atoms with Crippen molar-refractivity contribution in [2.45, 2.75) is 64.6 Å². The van der Waals surface area contributed by atoms with Crippen molar-refractivity contribution >= 4 is 18.0 Å². The summed E-state index contributed by atoms with van der Waals surface area (Å²) in [4.78, 5) is 37.4. The van der Waals surface area contributed by atoms with Crippen LogP contribution >= 0.6 is 0 Å². The minimum absolute atomic E-state index is 0.0207. The van der Waals surface area contributed by atoms with Crippen LogP contribution in [-0.2, 0) is 20.9 Å². The van der Waals surface area contributed by atoms with Crippen LogP contribution in [0.25, 0.3) is 0 Å². The lowest BCUT2D eigenvalue weighted by molar-refractivity contribution is -0.124. The molecule has 3 rings (SSSR count). The van der Waals surface area contributed by atoms with E-state index < -0.39 is 18.1 Å². The van der Waals surface area contributed by atoms with Crippen LogP contribution in [0, 0.1) is 5.92 Å². The fraction of sp³-hybridized carbons (Fsp3) is 0.414. The highest BCUT2D eigenvalue weighted by molar-refractivity contribution is 5.89. The van der Waals surface area contributed by atoms with Gasteiger partial charge in [-0.05, 0) is 48.6 Å². The Labute approximate surface area is 213 Å². The number of benzene rings is 2. The Morgan fingerprint density at radius 3 is 2.31 bits per heavy atom. The molecule has 0 spiro atoms. The third-order valence-electron chi connectivity index (χ3n) is 6.47. The molecule has 2 atom stereocenters. The molecule has 1 aliphatic rings. The number of methoxy groups -OCH3 is 1. The molecule has 192 valence electrons. The van der Waals surface area contributed by atoms with Gasteiger partial charge in [0.1, 0.15) is 6.61 Å². The quantitative estimate of drug-likeness (QED) is 0.358. The Hall–Kier alpha value is -3.61. The highest BCUT2D eigenvalue weighted by Gasteiger charge is 2.22. The summed E-state index contributed by atoms with van der Waals surface area (Å²) < 4.78 is 10.2. The normalized spacial score (nSPS) is 15.9. The van der Waals surface area contributed by atoms with Gasteiger partial charge in [-0.15, -0.1) is 0 Å². The maximum absolute atomic E-state index is 12.8. The zero-order valence-corrected chi connectivity index (χ0v) is 21.3. The van der Waals surface area contributed by atoms with Crippen molar-refractivity contribution in [3.63, 3.8) is 0 Å². The minimum Gasteiger partial charge on any atom is -0.465 e. The van der Waals surface area contributed by atoms with E-state index in [1.54, 1.807) is 24.3 Å². The first-order chi connectivity index (χ1) is 17.4. The molecular weight excluding hydrogens is 456 g/mol. The zero-order valence-electron chi connectivity index (χ0n) is 21.3.